The van der Waals surface area contributed by atoms with Crippen molar-refractivity contribution in [3.8, 4) is 17.0 Å². The monoisotopic (exact) mass is 403 g/mol. The summed E-state index contributed by atoms with van der Waals surface area (Å²) in [6.45, 7) is 4.01. The Morgan fingerprint density at radius 2 is 1.83 bits per heavy atom. The van der Waals surface area contributed by atoms with Gasteiger partial charge in [0.05, 0.1) is 18.5 Å². The van der Waals surface area contributed by atoms with Crippen LogP contribution in [0, 0.1) is 13.8 Å². The molecule has 6 heteroatoms. The van der Waals surface area contributed by atoms with Gasteiger partial charge in [0.1, 0.15) is 15.5 Å². The predicted octanol–water partition coefficient (Wildman–Crippen LogP) is 5.42. The van der Waals surface area contributed by atoms with Crippen LogP contribution in [-0.2, 0) is 0 Å². The van der Waals surface area contributed by atoms with Crippen LogP contribution in [0.1, 0.15) is 20.8 Å². The number of hydrogen-bond acceptors (Lipinski definition) is 5. The van der Waals surface area contributed by atoms with Crippen molar-refractivity contribution < 1.29 is 9.53 Å². The minimum atomic E-state index is -0.217. The second-order valence-electron chi connectivity index (χ2n) is 6.82. The molecule has 0 spiro atoms. The van der Waals surface area contributed by atoms with Crippen LogP contribution in [0.15, 0.2) is 54.6 Å². The Labute approximate surface area is 173 Å². The normalized spacial score (nSPS) is 10.9. The van der Waals surface area contributed by atoms with Gasteiger partial charge in [-0.3, -0.25) is 4.79 Å². The molecule has 0 fully saturated rings. The number of nitrogens with one attached hydrogen (secondary N) is 1. The zero-order chi connectivity index (χ0) is 20.5. The van der Waals surface area contributed by atoms with Crippen molar-refractivity contribution in [3.05, 3.63) is 70.6 Å². The van der Waals surface area contributed by atoms with Crippen LogP contribution in [-0.4, -0.2) is 18.0 Å². The molecular weight excluding hydrogens is 382 g/mol. The minimum absolute atomic E-state index is 0.217. The van der Waals surface area contributed by atoms with Gasteiger partial charge in [-0.2, -0.15) is 0 Å². The summed E-state index contributed by atoms with van der Waals surface area (Å²) in [5.74, 6) is 0.575. The molecule has 0 atom stereocenters. The van der Waals surface area contributed by atoms with Gasteiger partial charge < -0.3 is 15.8 Å². The summed E-state index contributed by atoms with van der Waals surface area (Å²) in [7, 11) is 1.64. The van der Waals surface area contributed by atoms with E-state index < -0.39 is 0 Å². The highest BCUT2D eigenvalue weighted by Crippen LogP contribution is 2.35. The molecule has 4 rings (SSSR count). The van der Waals surface area contributed by atoms with Crippen LogP contribution < -0.4 is 15.8 Å². The lowest BCUT2D eigenvalue weighted by Crippen LogP contribution is -2.13. The second-order valence-corrected chi connectivity index (χ2v) is 7.82. The predicted molar refractivity (Wildman–Crippen MR) is 120 cm³/mol. The van der Waals surface area contributed by atoms with Crippen LogP contribution in [0.3, 0.4) is 0 Å². The number of nitrogens with two attached hydrogens (primary N) is 1. The van der Waals surface area contributed by atoms with Crippen molar-refractivity contribution in [3.63, 3.8) is 0 Å². The molecule has 2 aromatic carbocycles. The molecule has 0 aliphatic heterocycles. The van der Waals surface area contributed by atoms with E-state index in [1.807, 2.05) is 68.4 Å². The van der Waals surface area contributed by atoms with Crippen LogP contribution in [0.2, 0.25) is 0 Å². The molecule has 2 aromatic heterocycles. The van der Waals surface area contributed by atoms with Gasteiger partial charge in [-0.15, -0.1) is 11.3 Å². The van der Waals surface area contributed by atoms with Gasteiger partial charge in [0.25, 0.3) is 5.91 Å². The molecule has 3 N–H and O–H groups in total. The van der Waals surface area contributed by atoms with Crippen molar-refractivity contribution in [1.82, 2.24) is 4.98 Å². The first-order valence-corrected chi connectivity index (χ1v) is 10.0. The van der Waals surface area contributed by atoms with Gasteiger partial charge in [0, 0.05) is 16.6 Å². The summed E-state index contributed by atoms with van der Waals surface area (Å²) in [4.78, 5) is 18.8. The van der Waals surface area contributed by atoms with Crippen molar-refractivity contribution in [2.24, 2.45) is 0 Å². The lowest BCUT2D eigenvalue weighted by Gasteiger charge is -2.09. The molecule has 0 saturated heterocycles. The maximum Gasteiger partial charge on any atom is 0.267 e. The van der Waals surface area contributed by atoms with Crippen molar-refractivity contribution in [1.29, 1.82) is 0 Å². The third-order valence-electron chi connectivity index (χ3n) is 5.04. The smallest absolute Gasteiger partial charge is 0.267 e. The van der Waals surface area contributed by atoms with Crippen LogP contribution >= 0.6 is 11.3 Å². The molecule has 29 heavy (non-hydrogen) atoms. The van der Waals surface area contributed by atoms with E-state index in [9.17, 15) is 4.79 Å². The number of carbonyl (C=O) groups is 1. The molecule has 0 saturated carbocycles. The average Bonchev–Trinajstić information content (AvgIpc) is 3.07. The van der Waals surface area contributed by atoms with E-state index in [-0.39, 0.29) is 5.91 Å². The van der Waals surface area contributed by atoms with Crippen LogP contribution in [0.25, 0.3) is 21.5 Å². The molecule has 5 nitrogen and oxygen atoms in total. The quantitative estimate of drug-likeness (QED) is 0.477. The zero-order valence-corrected chi connectivity index (χ0v) is 17.3. The van der Waals surface area contributed by atoms with Crippen LogP contribution in [0.4, 0.5) is 11.4 Å². The minimum Gasteiger partial charge on any atom is -0.497 e. The fraction of sp³-hybridized carbons (Fsp3) is 0.130. The Hall–Kier alpha value is -3.38. The molecule has 0 aliphatic carbocycles. The van der Waals surface area contributed by atoms with E-state index >= 15 is 0 Å². The molecule has 2 heterocycles. The third kappa shape index (κ3) is 3.54. The zero-order valence-electron chi connectivity index (χ0n) is 16.4. The van der Waals surface area contributed by atoms with Gasteiger partial charge in [0.15, 0.2) is 0 Å². The number of methoxy groups -OCH3 is 1. The maximum absolute atomic E-state index is 12.9. The highest BCUT2D eigenvalue weighted by atomic mass is 32.1. The Morgan fingerprint density at radius 1 is 1.07 bits per heavy atom. The van der Waals surface area contributed by atoms with Gasteiger partial charge >= 0.3 is 0 Å². The Kier molecular flexibility index (Phi) is 4.94. The lowest BCUT2D eigenvalue weighted by atomic mass is 10.1. The van der Waals surface area contributed by atoms with Gasteiger partial charge in [-0.25, -0.2) is 4.98 Å². The topological polar surface area (TPSA) is 77.2 Å². The number of nitrogens with zero attached hydrogens (tertiary/aromatic N) is 1. The van der Waals surface area contributed by atoms with Crippen molar-refractivity contribution >= 4 is 38.8 Å². The molecular formula is C23H21N3O2S. The highest BCUT2D eigenvalue weighted by molar-refractivity contribution is 7.21. The number of benzene rings is 2. The summed E-state index contributed by atoms with van der Waals surface area (Å²) in [6, 6.07) is 17.4. The number of amides is 1. The van der Waals surface area contributed by atoms with E-state index in [4.69, 9.17) is 15.5 Å². The number of aromatic nitrogens is 1. The van der Waals surface area contributed by atoms with Crippen molar-refractivity contribution in [2.75, 3.05) is 18.2 Å². The molecule has 0 unspecified atom stereocenters. The number of pyridine rings is 1. The molecule has 4 aromatic rings. The SMILES string of the molecule is COc1ccc(-c2ccc3c(N)c(C(=O)Nc4cccc(C)c4C)sc3n2)cc1. The Morgan fingerprint density at radius 3 is 2.55 bits per heavy atom. The number of aryl methyl sites for hydroxylation is 1. The fourth-order valence-corrected chi connectivity index (χ4v) is 4.14. The third-order valence-corrected chi connectivity index (χ3v) is 6.15. The number of carbonyl (C=O) groups excluding carboxylic acids is 1. The van der Waals surface area contributed by atoms with Crippen molar-refractivity contribution in [2.45, 2.75) is 13.8 Å². The summed E-state index contributed by atoms with van der Waals surface area (Å²) in [5, 5.41) is 3.77. The Balaban J connectivity index is 1.67. The lowest BCUT2D eigenvalue weighted by molar-refractivity contribution is 0.103. The number of ether oxygens (including phenoxy) is 1. The van der Waals surface area contributed by atoms with Gasteiger partial charge in [-0.1, -0.05) is 12.1 Å². The number of anilines is 2. The number of nitrogen functional groups attached to an aromatic ring is 1. The summed E-state index contributed by atoms with van der Waals surface area (Å²) in [5.41, 5.74) is 11.5. The maximum atomic E-state index is 12.9. The van der Waals surface area contributed by atoms with E-state index in [0.29, 0.717) is 10.6 Å². The van der Waals surface area contributed by atoms with Gasteiger partial charge in [0.2, 0.25) is 0 Å². The number of thiophene rings is 1. The Bertz CT molecular complexity index is 1210. The van der Waals surface area contributed by atoms with Crippen LogP contribution in [0.5, 0.6) is 5.75 Å². The van der Waals surface area contributed by atoms with E-state index in [2.05, 4.69) is 5.32 Å². The van der Waals surface area contributed by atoms with E-state index in [1.165, 1.54) is 11.3 Å². The first-order chi connectivity index (χ1) is 14.0. The second kappa shape index (κ2) is 7.56. The molecule has 0 radical (unpaired) electrons. The molecule has 1 amide bonds. The van der Waals surface area contributed by atoms with Gasteiger partial charge in [-0.05, 0) is 67.4 Å². The largest absolute Gasteiger partial charge is 0.497 e. The summed E-state index contributed by atoms with van der Waals surface area (Å²) >= 11 is 1.30. The standard InChI is InChI=1S/C23H21N3O2S/c1-13-5-4-6-18(14(13)2)25-22(27)21-20(24)17-11-12-19(26-23(17)29-21)15-7-9-16(28-3)10-8-15/h4-12H,24H2,1-3H3,(H,25,27). The summed E-state index contributed by atoms with van der Waals surface area (Å²) in [6.07, 6.45) is 0. The average molecular weight is 404 g/mol. The molecule has 0 aliphatic rings. The highest BCUT2D eigenvalue weighted by Gasteiger charge is 2.18. The summed E-state index contributed by atoms with van der Waals surface area (Å²) < 4.78 is 5.21. The van der Waals surface area contributed by atoms with E-state index in [0.717, 1.165) is 44.0 Å². The first-order valence-electron chi connectivity index (χ1n) is 9.19. The molecule has 0 bridgehead atoms. The number of hydrogen-bond donors (Lipinski definition) is 2. The number of rotatable bonds is 4. The fourth-order valence-electron chi connectivity index (χ4n) is 3.15. The molecule has 146 valence electrons. The number of fused-ring (bicyclic) bond motifs is 1. The first kappa shape index (κ1) is 19.0. The van der Waals surface area contributed by atoms with E-state index in [1.54, 1.807) is 7.11 Å².